The van der Waals surface area contributed by atoms with Gasteiger partial charge in [0, 0.05) is 31.2 Å². The minimum Gasteiger partial charge on any atom is -0.316 e. The van der Waals surface area contributed by atoms with Crippen LogP contribution in [0.5, 0.6) is 0 Å². The molecule has 0 fully saturated rings. The highest BCUT2D eigenvalue weighted by Gasteiger charge is 1.97. The molecule has 5 nitrogen and oxygen atoms in total. The maximum absolute atomic E-state index is 4.94. The normalized spacial score (nSPS) is 10.6. The van der Waals surface area contributed by atoms with Crippen molar-refractivity contribution in [2.45, 2.75) is 0 Å². The third kappa shape index (κ3) is 3.18. The van der Waals surface area contributed by atoms with Crippen LogP contribution in [0, 0.1) is 4.77 Å². The first-order valence-electron chi connectivity index (χ1n) is 4.99. The smallest absolute Gasteiger partial charge is 0.198 e. The Bertz CT molecular complexity index is 563. The van der Waals surface area contributed by atoms with E-state index < -0.39 is 0 Å². The highest BCUT2D eigenvalue weighted by molar-refractivity contribution is 7.71. The second-order valence-electron chi connectivity index (χ2n) is 3.31. The van der Waals surface area contributed by atoms with Gasteiger partial charge in [0.1, 0.15) is 5.82 Å². The van der Waals surface area contributed by atoms with Crippen LogP contribution in [0.2, 0.25) is 0 Å². The Morgan fingerprint density at radius 2 is 2.29 bits per heavy atom. The van der Waals surface area contributed by atoms with Gasteiger partial charge in [0.2, 0.25) is 0 Å². The average molecular weight is 245 g/mol. The summed E-state index contributed by atoms with van der Waals surface area (Å²) in [7, 11) is 1.83. The van der Waals surface area contributed by atoms with Gasteiger partial charge in [-0.1, -0.05) is 6.07 Å². The van der Waals surface area contributed by atoms with Crippen molar-refractivity contribution in [3.05, 3.63) is 47.1 Å². The van der Waals surface area contributed by atoms with Crippen molar-refractivity contribution in [2.24, 2.45) is 5.10 Å². The van der Waals surface area contributed by atoms with E-state index in [1.54, 1.807) is 35.9 Å². The van der Waals surface area contributed by atoms with Gasteiger partial charge in [-0.25, -0.2) is 4.98 Å². The zero-order chi connectivity index (χ0) is 12.1. The first kappa shape index (κ1) is 11.4. The zero-order valence-corrected chi connectivity index (χ0v) is 10.1. The molecular formula is C11H11N5S. The second-order valence-corrected chi connectivity index (χ2v) is 3.70. The molecule has 0 atom stereocenters. The second kappa shape index (κ2) is 5.31. The third-order valence-corrected chi connectivity index (χ3v) is 2.28. The summed E-state index contributed by atoms with van der Waals surface area (Å²) in [5, 5.41) is 5.95. The lowest BCUT2D eigenvalue weighted by molar-refractivity contribution is 0.960. The molecule has 0 aliphatic heterocycles. The van der Waals surface area contributed by atoms with Crippen molar-refractivity contribution >= 4 is 24.3 Å². The molecule has 1 N–H and O–H groups in total. The molecule has 0 saturated heterocycles. The quantitative estimate of drug-likeness (QED) is 0.510. The molecule has 86 valence electrons. The Morgan fingerprint density at radius 3 is 3.00 bits per heavy atom. The predicted molar refractivity (Wildman–Crippen MR) is 69.7 cm³/mol. The fourth-order valence-corrected chi connectivity index (χ4v) is 1.38. The Labute approximate surface area is 104 Å². The van der Waals surface area contributed by atoms with Gasteiger partial charge in [-0.05, 0) is 24.4 Å². The summed E-state index contributed by atoms with van der Waals surface area (Å²) in [5.74, 6) is 0.783. The molecule has 2 rings (SSSR count). The lowest BCUT2D eigenvalue weighted by Gasteiger charge is -2.11. The van der Waals surface area contributed by atoms with Crippen LogP contribution in [-0.2, 0) is 0 Å². The van der Waals surface area contributed by atoms with E-state index in [2.05, 4.69) is 20.1 Å². The lowest BCUT2D eigenvalue weighted by Crippen LogP contribution is -2.10. The van der Waals surface area contributed by atoms with Crippen LogP contribution >= 0.6 is 12.2 Å². The molecule has 0 amide bonds. The van der Waals surface area contributed by atoms with E-state index in [1.165, 1.54) is 0 Å². The predicted octanol–water partition coefficient (Wildman–Crippen LogP) is 2.00. The molecule has 0 aromatic carbocycles. The van der Waals surface area contributed by atoms with E-state index in [0.29, 0.717) is 4.77 Å². The molecule has 0 aliphatic carbocycles. The Balaban J connectivity index is 2.14. The largest absolute Gasteiger partial charge is 0.316 e. The fourth-order valence-electron chi connectivity index (χ4n) is 1.22. The molecule has 0 saturated carbocycles. The highest BCUT2D eigenvalue weighted by atomic mass is 32.1. The van der Waals surface area contributed by atoms with Crippen molar-refractivity contribution in [1.29, 1.82) is 0 Å². The summed E-state index contributed by atoms with van der Waals surface area (Å²) < 4.78 is 0.436. The van der Waals surface area contributed by atoms with Crippen LogP contribution in [0.25, 0.3) is 0 Å². The summed E-state index contributed by atoms with van der Waals surface area (Å²) in [6.45, 7) is 0. The van der Waals surface area contributed by atoms with Gasteiger partial charge in [0.05, 0.1) is 6.21 Å². The van der Waals surface area contributed by atoms with Crippen molar-refractivity contribution in [3.8, 4) is 0 Å². The molecule has 0 spiro atoms. The van der Waals surface area contributed by atoms with E-state index in [4.69, 9.17) is 12.2 Å². The van der Waals surface area contributed by atoms with E-state index in [9.17, 15) is 0 Å². The minimum atomic E-state index is 0.436. The Kier molecular flexibility index (Phi) is 3.56. The van der Waals surface area contributed by atoms with Gasteiger partial charge in [0.25, 0.3) is 0 Å². The number of rotatable bonds is 3. The van der Waals surface area contributed by atoms with Gasteiger partial charge in [-0.15, -0.1) is 0 Å². The molecule has 0 aliphatic rings. The number of hydrazone groups is 1. The third-order valence-electron chi connectivity index (χ3n) is 2.07. The lowest BCUT2D eigenvalue weighted by atomic mass is 10.3. The number of pyridine rings is 1. The van der Waals surface area contributed by atoms with Gasteiger partial charge < -0.3 is 4.98 Å². The van der Waals surface area contributed by atoms with Crippen LogP contribution in [0.4, 0.5) is 5.82 Å². The van der Waals surface area contributed by atoms with Crippen molar-refractivity contribution in [3.63, 3.8) is 0 Å². The molecule has 2 aromatic heterocycles. The first-order chi connectivity index (χ1) is 8.25. The molecule has 2 heterocycles. The molecular weight excluding hydrogens is 234 g/mol. The summed E-state index contributed by atoms with van der Waals surface area (Å²) in [5.41, 5.74) is 0.937. The average Bonchev–Trinajstić information content (AvgIpc) is 2.37. The van der Waals surface area contributed by atoms with Crippen LogP contribution in [0.1, 0.15) is 5.56 Å². The Hall–Kier alpha value is -2.08. The summed E-state index contributed by atoms with van der Waals surface area (Å²) in [6, 6.07) is 5.59. The van der Waals surface area contributed by atoms with Crippen molar-refractivity contribution in [1.82, 2.24) is 15.0 Å². The summed E-state index contributed by atoms with van der Waals surface area (Å²) in [4.78, 5) is 10.9. The number of hydrogen-bond donors (Lipinski definition) is 1. The standard InChI is InChI=1S/C11H11N5S/c1-16(10-4-6-13-11(17)15-10)14-8-9-3-2-5-12-7-9/h2-8H,1H3,(H,13,15,17)/b14-8+. The van der Waals surface area contributed by atoms with Crippen LogP contribution in [0.15, 0.2) is 41.9 Å². The van der Waals surface area contributed by atoms with Crippen molar-refractivity contribution < 1.29 is 0 Å². The van der Waals surface area contributed by atoms with E-state index in [1.807, 2.05) is 19.2 Å². The van der Waals surface area contributed by atoms with E-state index >= 15 is 0 Å². The van der Waals surface area contributed by atoms with Gasteiger partial charge in [0.15, 0.2) is 4.77 Å². The highest BCUT2D eigenvalue weighted by Crippen LogP contribution is 2.06. The van der Waals surface area contributed by atoms with E-state index in [0.717, 1.165) is 11.4 Å². The number of anilines is 1. The Morgan fingerprint density at radius 1 is 1.41 bits per heavy atom. The topological polar surface area (TPSA) is 57.2 Å². The van der Waals surface area contributed by atoms with Gasteiger partial charge in [-0.3, -0.25) is 9.99 Å². The van der Waals surface area contributed by atoms with Crippen LogP contribution in [0.3, 0.4) is 0 Å². The number of nitrogens with zero attached hydrogens (tertiary/aromatic N) is 4. The first-order valence-corrected chi connectivity index (χ1v) is 5.39. The number of aromatic amines is 1. The van der Waals surface area contributed by atoms with Gasteiger partial charge in [-0.2, -0.15) is 5.10 Å². The molecule has 0 radical (unpaired) electrons. The molecule has 2 aromatic rings. The number of H-pyrrole nitrogens is 1. The molecule has 0 bridgehead atoms. The monoisotopic (exact) mass is 245 g/mol. The number of aromatic nitrogens is 3. The summed E-state index contributed by atoms with van der Waals surface area (Å²) in [6.07, 6.45) is 6.84. The number of nitrogens with one attached hydrogen (secondary N) is 1. The maximum atomic E-state index is 4.94. The van der Waals surface area contributed by atoms with Crippen LogP contribution < -0.4 is 5.01 Å². The maximum Gasteiger partial charge on any atom is 0.198 e. The van der Waals surface area contributed by atoms with Crippen molar-refractivity contribution in [2.75, 3.05) is 12.1 Å². The zero-order valence-electron chi connectivity index (χ0n) is 9.24. The molecule has 6 heteroatoms. The van der Waals surface area contributed by atoms with E-state index in [-0.39, 0.29) is 0 Å². The molecule has 17 heavy (non-hydrogen) atoms. The van der Waals surface area contributed by atoms with Crippen LogP contribution in [-0.4, -0.2) is 28.2 Å². The van der Waals surface area contributed by atoms with Gasteiger partial charge >= 0.3 is 0 Å². The molecule has 0 unspecified atom stereocenters. The SMILES string of the molecule is CN(/N=C/c1cccnc1)c1ccnc(=S)[nH]1. The minimum absolute atomic E-state index is 0.436. The number of hydrogen-bond acceptors (Lipinski definition) is 5. The summed E-state index contributed by atoms with van der Waals surface area (Å²) >= 11 is 4.94. The fraction of sp³-hybridized carbons (Fsp3) is 0.0909.